The molecular formula is C14H28N2O. The van der Waals surface area contributed by atoms with Crippen LogP contribution in [0.4, 0.5) is 0 Å². The molecule has 0 bridgehead atoms. The van der Waals surface area contributed by atoms with Gasteiger partial charge in [0.15, 0.2) is 0 Å². The maximum absolute atomic E-state index is 12.2. The highest BCUT2D eigenvalue weighted by Crippen LogP contribution is 2.22. The predicted octanol–water partition coefficient (Wildman–Crippen LogP) is 2.54. The van der Waals surface area contributed by atoms with E-state index < -0.39 is 0 Å². The van der Waals surface area contributed by atoms with Crippen molar-refractivity contribution < 1.29 is 4.79 Å². The highest BCUT2D eigenvalue weighted by molar-refractivity contribution is 5.76. The van der Waals surface area contributed by atoms with Gasteiger partial charge in [-0.15, -0.1) is 0 Å². The number of rotatable bonds is 5. The first kappa shape index (κ1) is 14.5. The van der Waals surface area contributed by atoms with Gasteiger partial charge in [-0.05, 0) is 25.3 Å². The largest absolute Gasteiger partial charge is 0.343 e. The Morgan fingerprint density at radius 3 is 2.35 bits per heavy atom. The van der Waals surface area contributed by atoms with E-state index in [0.29, 0.717) is 24.9 Å². The summed E-state index contributed by atoms with van der Waals surface area (Å²) in [6, 6.07) is 0.472. The highest BCUT2D eigenvalue weighted by atomic mass is 16.2. The van der Waals surface area contributed by atoms with Crippen molar-refractivity contribution in [1.29, 1.82) is 0 Å². The van der Waals surface area contributed by atoms with Crippen LogP contribution < -0.4 is 5.73 Å². The third-order valence-corrected chi connectivity index (χ3v) is 4.14. The zero-order chi connectivity index (χ0) is 12.7. The lowest BCUT2D eigenvalue weighted by Crippen LogP contribution is -2.38. The van der Waals surface area contributed by atoms with Gasteiger partial charge in [0.1, 0.15) is 0 Å². The van der Waals surface area contributed by atoms with Crippen molar-refractivity contribution in [2.45, 2.75) is 64.3 Å². The van der Waals surface area contributed by atoms with Crippen LogP contribution in [-0.2, 0) is 4.79 Å². The minimum atomic E-state index is 0.286. The Balaban J connectivity index is 2.43. The minimum absolute atomic E-state index is 0.286. The standard InChI is InChI=1S/C14H28N2O/c1-3-12(11-15)10-14(17)16(2)13-8-6-4-5-7-9-13/h12-13H,3-11,15H2,1-2H3. The van der Waals surface area contributed by atoms with Gasteiger partial charge >= 0.3 is 0 Å². The molecule has 1 atom stereocenters. The Labute approximate surface area is 106 Å². The first-order valence-corrected chi connectivity index (χ1v) is 7.14. The molecule has 2 N–H and O–H groups in total. The van der Waals surface area contributed by atoms with Crippen molar-refractivity contribution in [3.05, 3.63) is 0 Å². The van der Waals surface area contributed by atoms with Gasteiger partial charge in [-0.2, -0.15) is 0 Å². The molecule has 0 aliphatic heterocycles. The van der Waals surface area contributed by atoms with Gasteiger partial charge in [-0.3, -0.25) is 4.79 Å². The van der Waals surface area contributed by atoms with E-state index >= 15 is 0 Å². The summed E-state index contributed by atoms with van der Waals surface area (Å²) in [4.78, 5) is 14.1. The van der Waals surface area contributed by atoms with E-state index in [1.165, 1.54) is 38.5 Å². The third-order valence-electron chi connectivity index (χ3n) is 4.14. The predicted molar refractivity (Wildman–Crippen MR) is 71.7 cm³/mol. The molecule has 1 aliphatic rings. The van der Waals surface area contributed by atoms with E-state index in [9.17, 15) is 4.79 Å². The van der Waals surface area contributed by atoms with E-state index in [4.69, 9.17) is 5.73 Å². The average Bonchev–Trinajstić information content (AvgIpc) is 2.63. The van der Waals surface area contributed by atoms with Crippen LogP contribution in [0.3, 0.4) is 0 Å². The second-order valence-corrected chi connectivity index (χ2v) is 5.36. The molecular weight excluding hydrogens is 212 g/mol. The van der Waals surface area contributed by atoms with Gasteiger partial charge in [-0.25, -0.2) is 0 Å². The number of carbonyl (C=O) groups is 1. The molecule has 0 aromatic rings. The second kappa shape index (κ2) is 7.70. The Morgan fingerprint density at radius 2 is 1.88 bits per heavy atom. The maximum atomic E-state index is 12.2. The molecule has 0 aromatic heterocycles. The number of hydrogen-bond donors (Lipinski definition) is 1. The van der Waals surface area contributed by atoms with Gasteiger partial charge in [0.2, 0.25) is 5.91 Å². The second-order valence-electron chi connectivity index (χ2n) is 5.36. The third kappa shape index (κ3) is 4.66. The fourth-order valence-corrected chi connectivity index (χ4v) is 2.63. The molecule has 0 radical (unpaired) electrons. The molecule has 100 valence electrons. The van der Waals surface area contributed by atoms with Crippen LogP contribution in [-0.4, -0.2) is 30.4 Å². The van der Waals surface area contributed by atoms with E-state index in [-0.39, 0.29) is 5.91 Å². The van der Waals surface area contributed by atoms with E-state index in [0.717, 1.165) is 6.42 Å². The molecule has 1 rings (SSSR count). The summed E-state index contributed by atoms with van der Waals surface area (Å²) in [6.07, 6.45) is 9.20. The first-order chi connectivity index (χ1) is 8.19. The summed E-state index contributed by atoms with van der Waals surface area (Å²) in [7, 11) is 1.97. The normalized spacial score (nSPS) is 19.7. The Hall–Kier alpha value is -0.570. The zero-order valence-corrected chi connectivity index (χ0v) is 11.5. The lowest BCUT2D eigenvalue weighted by Gasteiger charge is -2.28. The van der Waals surface area contributed by atoms with Crippen molar-refractivity contribution in [1.82, 2.24) is 4.90 Å². The molecule has 1 aliphatic carbocycles. The number of carbonyl (C=O) groups excluding carboxylic acids is 1. The first-order valence-electron chi connectivity index (χ1n) is 7.14. The molecule has 3 nitrogen and oxygen atoms in total. The van der Waals surface area contributed by atoms with Crippen LogP contribution in [0.5, 0.6) is 0 Å². The van der Waals surface area contributed by atoms with Crippen molar-refractivity contribution in [3.63, 3.8) is 0 Å². The topological polar surface area (TPSA) is 46.3 Å². The van der Waals surface area contributed by atoms with Crippen LogP contribution in [0.1, 0.15) is 58.3 Å². The summed E-state index contributed by atoms with van der Waals surface area (Å²) >= 11 is 0. The monoisotopic (exact) mass is 240 g/mol. The van der Waals surface area contributed by atoms with E-state index in [1.54, 1.807) is 0 Å². The number of nitrogens with zero attached hydrogens (tertiary/aromatic N) is 1. The summed E-state index contributed by atoms with van der Waals surface area (Å²) < 4.78 is 0. The Kier molecular flexibility index (Phi) is 6.56. The Morgan fingerprint density at radius 1 is 1.29 bits per heavy atom. The fourth-order valence-electron chi connectivity index (χ4n) is 2.63. The molecule has 0 spiro atoms. The smallest absolute Gasteiger partial charge is 0.222 e. The Bertz CT molecular complexity index is 218. The molecule has 1 saturated carbocycles. The van der Waals surface area contributed by atoms with E-state index in [2.05, 4.69) is 6.92 Å². The fraction of sp³-hybridized carbons (Fsp3) is 0.929. The lowest BCUT2D eigenvalue weighted by atomic mass is 10.0. The molecule has 0 saturated heterocycles. The van der Waals surface area contributed by atoms with Crippen LogP contribution in [0.15, 0.2) is 0 Å². The molecule has 0 heterocycles. The van der Waals surface area contributed by atoms with Crippen molar-refractivity contribution >= 4 is 5.91 Å². The van der Waals surface area contributed by atoms with Gasteiger partial charge in [0, 0.05) is 19.5 Å². The molecule has 17 heavy (non-hydrogen) atoms. The van der Waals surface area contributed by atoms with Gasteiger partial charge in [-0.1, -0.05) is 39.0 Å². The molecule has 1 unspecified atom stereocenters. The molecule has 1 fully saturated rings. The number of amides is 1. The molecule has 0 aromatic carbocycles. The van der Waals surface area contributed by atoms with Crippen LogP contribution in [0.2, 0.25) is 0 Å². The van der Waals surface area contributed by atoms with Crippen molar-refractivity contribution in [2.24, 2.45) is 11.7 Å². The van der Waals surface area contributed by atoms with Crippen LogP contribution >= 0.6 is 0 Å². The number of hydrogen-bond acceptors (Lipinski definition) is 2. The molecule has 3 heteroatoms. The van der Waals surface area contributed by atoms with Crippen LogP contribution in [0.25, 0.3) is 0 Å². The quantitative estimate of drug-likeness (QED) is 0.751. The zero-order valence-electron chi connectivity index (χ0n) is 11.5. The van der Waals surface area contributed by atoms with E-state index in [1.807, 2.05) is 11.9 Å². The minimum Gasteiger partial charge on any atom is -0.343 e. The lowest BCUT2D eigenvalue weighted by molar-refractivity contribution is -0.133. The maximum Gasteiger partial charge on any atom is 0.222 e. The van der Waals surface area contributed by atoms with Crippen molar-refractivity contribution in [2.75, 3.05) is 13.6 Å². The van der Waals surface area contributed by atoms with Gasteiger partial charge in [0.25, 0.3) is 0 Å². The van der Waals surface area contributed by atoms with Crippen LogP contribution in [0, 0.1) is 5.92 Å². The van der Waals surface area contributed by atoms with Crippen molar-refractivity contribution in [3.8, 4) is 0 Å². The van der Waals surface area contributed by atoms with Gasteiger partial charge < -0.3 is 10.6 Å². The number of nitrogens with two attached hydrogens (primary N) is 1. The summed E-state index contributed by atoms with van der Waals surface area (Å²) in [5.41, 5.74) is 5.66. The summed E-state index contributed by atoms with van der Waals surface area (Å²) in [6.45, 7) is 2.73. The summed E-state index contributed by atoms with van der Waals surface area (Å²) in [5.74, 6) is 0.643. The summed E-state index contributed by atoms with van der Waals surface area (Å²) in [5, 5.41) is 0. The highest BCUT2D eigenvalue weighted by Gasteiger charge is 2.22. The SMILES string of the molecule is CCC(CN)CC(=O)N(C)C1CCCCCC1. The average molecular weight is 240 g/mol. The molecule has 1 amide bonds. The van der Waals surface area contributed by atoms with Gasteiger partial charge in [0.05, 0.1) is 0 Å².